The van der Waals surface area contributed by atoms with Crippen molar-refractivity contribution in [2.75, 3.05) is 0 Å². The van der Waals surface area contributed by atoms with E-state index in [1.165, 1.54) is 12.1 Å². The van der Waals surface area contributed by atoms with Gasteiger partial charge < -0.3 is 9.84 Å². The second kappa shape index (κ2) is 6.95. The molecule has 0 aliphatic heterocycles. The van der Waals surface area contributed by atoms with Gasteiger partial charge in [-0.15, -0.1) is 0 Å². The summed E-state index contributed by atoms with van der Waals surface area (Å²) in [6, 6.07) is 6.22. The van der Waals surface area contributed by atoms with E-state index in [0.29, 0.717) is 17.8 Å². The summed E-state index contributed by atoms with van der Waals surface area (Å²) in [7, 11) is 0. The zero-order chi connectivity index (χ0) is 16.3. The highest BCUT2D eigenvalue weighted by Gasteiger charge is 2.34. The molecule has 1 aromatic rings. The number of aromatic carboxylic acids is 1. The molecule has 1 aromatic carbocycles. The second-order valence-electron chi connectivity index (χ2n) is 6.62. The maximum absolute atomic E-state index is 12.4. The number of hydrogen-bond acceptors (Lipinski definition) is 3. The first-order chi connectivity index (χ1) is 10.4. The van der Waals surface area contributed by atoms with Gasteiger partial charge in [-0.2, -0.15) is 0 Å². The van der Waals surface area contributed by atoms with E-state index in [0.717, 1.165) is 19.3 Å². The van der Waals surface area contributed by atoms with Gasteiger partial charge >= 0.3 is 11.9 Å². The van der Waals surface area contributed by atoms with Gasteiger partial charge in [0.15, 0.2) is 0 Å². The number of carbonyl (C=O) groups excluding carboxylic acids is 1. The van der Waals surface area contributed by atoms with Crippen molar-refractivity contribution in [1.29, 1.82) is 0 Å². The van der Waals surface area contributed by atoms with E-state index in [9.17, 15) is 14.7 Å². The highest BCUT2D eigenvalue weighted by Crippen LogP contribution is 2.35. The van der Waals surface area contributed by atoms with Crippen LogP contribution in [0.2, 0.25) is 0 Å². The third-order valence-electron chi connectivity index (χ3n) is 4.60. The number of carbonyl (C=O) groups is 2. The van der Waals surface area contributed by atoms with Crippen LogP contribution in [0.15, 0.2) is 24.3 Å². The molecule has 1 aliphatic carbocycles. The molecule has 0 unspecified atom stereocenters. The Labute approximate surface area is 131 Å². The molecular weight excluding hydrogens is 280 g/mol. The minimum absolute atomic E-state index is 0.00236. The normalized spacial score (nSPS) is 25.0. The summed E-state index contributed by atoms with van der Waals surface area (Å²) in [5.74, 6) is -0.313. The number of esters is 1. The average molecular weight is 304 g/mol. The molecule has 0 radical (unpaired) electrons. The molecule has 0 bridgehead atoms. The Morgan fingerprint density at radius 1 is 1.18 bits per heavy atom. The number of ether oxygens (including phenoxy) is 1. The molecule has 0 heterocycles. The maximum atomic E-state index is 12.4. The van der Waals surface area contributed by atoms with Crippen LogP contribution in [-0.2, 0) is 4.74 Å². The molecule has 3 atom stereocenters. The third kappa shape index (κ3) is 3.67. The number of carboxylic acid groups (broad SMARTS) is 1. The highest BCUT2D eigenvalue weighted by molar-refractivity contribution is 6.02. The number of hydrogen-bond donors (Lipinski definition) is 1. The summed E-state index contributed by atoms with van der Waals surface area (Å²) in [5, 5.41) is 9.19. The maximum Gasteiger partial charge on any atom is 0.339 e. The Morgan fingerprint density at radius 2 is 1.82 bits per heavy atom. The van der Waals surface area contributed by atoms with Gasteiger partial charge in [0.1, 0.15) is 6.10 Å². The average Bonchev–Trinajstić information content (AvgIpc) is 2.46. The fraction of sp³-hybridized carbons (Fsp3) is 0.556. The SMILES string of the molecule is CC(C)[C@H]1CC[C@@H](C)C[C@@H]1OC(=O)c1ccccc1C(=O)O. The Hall–Kier alpha value is -1.84. The van der Waals surface area contributed by atoms with Crippen molar-refractivity contribution in [1.82, 2.24) is 0 Å². The second-order valence-corrected chi connectivity index (χ2v) is 6.62. The molecule has 120 valence electrons. The molecule has 4 nitrogen and oxygen atoms in total. The quantitative estimate of drug-likeness (QED) is 0.854. The van der Waals surface area contributed by atoms with Gasteiger partial charge in [0, 0.05) is 0 Å². The number of carboxylic acids is 1. The summed E-state index contributed by atoms with van der Waals surface area (Å²) in [5.41, 5.74) is 0.133. The zero-order valence-electron chi connectivity index (χ0n) is 13.4. The van der Waals surface area contributed by atoms with E-state index in [2.05, 4.69) is 20.8 Å². The molecule has 1 fully saturated rings. The van der Waals surface area contributed by atoms with Crippen LogP contribution in [0.1, 0.15) is 60.7 Å². The Bertz CT molecular complexity index is 550. The summed E-state index contributed by atoms with van der Waals surface area (Å²) in [6.07, 6.45) is 2.93. The third-order valence-corrected chi connectivity index (χ3v) is 4.60. The Balaban J connectivity index is 2.18. The lowest BCUT2D eigenvalue weighted by Gasteiger charge is -2.36. The van der Waals surface area contributed by atoms with Crippen molar-refractivity contribution in [3.05, 3.63) is 35.4 Å². The molecular formula is C18H24O4. The first-order valence-corrected chi connectivity index (χ1v) is 7.93. The summed E-state index contributed by atoms with van der Waals surface area (Å²) in [4.78, 5) is 23.7. The predicted molar refractivity (Wildman–Crippen MR) is 83.9 cm³/mol. The van der Waals surface area contributed by atoms with Crippen molar-refractivity contribution in [3.63, 3.8) is 0 Å². The molecule has 0 aromatic heterocycles. The van der Waals surface area contributed by atoms with Gasteiger partial charge in [-0.3, -0.25) is 0 Å². The zero-order valence-corrected chi connectivity index (χ0v) is 13.4. The molecule has 1 aliphatic rings. The lowest BCUT2D eigenvalue weighted by molar-refractivity contribution is -0.0176. The monoisotopic (exact) mass is 304 g/mol. The molecule has 1 saturated carbocycles. The lowest BCUT2D eigenvalue weighted by Crippen LogP contribution is -2.36. The lowest BCUT2D eigenvalue weighted by atomic mass is 9.75. The molecule has 4 heteroatoms. The fourth-order valence-electron chi connectivity index (χ4n) is 3.30. The Morgan fingerprint density at radius 3 is 2.41 bits per heavy atom. The topological polar surface area (TPSA) is 63.6 Å². The molecule has 0 saturated heterocycles. The minimum Gasteiger partial charge on any atom is -0.478 e. The van der Waals surface area contributed by atoms with Gasteiger partial charge in [0.25, 0.3) is 0 Å². The van der Waals surface area contributed by atoms with Gasteiger partial charge in [-0.1, -0.05) is 39.3 Å². The van der Waals surface area contributed by atoms with Crippen LogP contribution in [0, 0.1) is 17.8 Å². The molecule has 2 rings (SSSR count). The van der Waals surface area contributed by atoms with Crippen molar-refractivity contribution >= 4 is 11.9 Å². The standard InChI is InChI=1S/C18H24O4/c1-11(2)13-9-8-12(3)10-16(13)22-18(21)15-7-5-4-6-14(15)17(19)20/h4-7,11-13,16H,8-10H2,1-3H3,(H,19,20)/t12-,13-,16+/m1/s1. The first-order valence-electron chi connectivity index (χ1n) is 7.93. The summed E-state index contributed by atoms with van der Waals surface area (Å²) >= 11 is 0. The fourth-order valence-corrected chi connectivity index (χ4v) is 3.30. The van der Waals surface area contributed by atoms with Crippen LogP contribution in [0.4, 0.5) is 0 Å². The summed E-state index contributed by atoms with van der Waals surface area (Å²) < 4.78 is 5.71. The molecule has 1 N–H and O–H groups in total. The molecule has 22 heavy (non-hydrogen) atoms. The largest absolute Gasteiger partial charge is 0.478 e. The van der Waals surface area contributed by atoms with Gasteiger partial charge in [0.2, 0.25) is 0 Å². The minimum atomic E-state index is -1.11. The van der Waals surface area contributed by atoms with Gasteiger partial charge in [-0.25, -0.2) is 9.59 Å². The number of benzene rings is 1. The summed E-state index contributed by atoms with van der Waals surface area (Å²) in [6.45, 7) is 6.46. The highest BCUT2D eigenvalue weighted by atomic mass is 16.5. The first kappa shape index (κ1) is 16.5. The van der Waals surface area contributed by atoms with Crippen LogP contribution in [0.5, 0.6) is 0 Å². The molecule has 0 amide bonds. The predicted octanol–water partition coefficient (Wildman–Crippen LogP) is 4.00. The van der Waals surface area contributed by atoms with Crippen molar-refractivity contribution < 1.29 is 19.4 Å². The number of rotatable bonds is 4. The van der Waals surface area contributed by atoms with Crippen molar-refractivity contribution in [2.24, 2.45) is 17.8 Å². The van der Waals surface area contributed by atoms with Crippen LogP contribution in [-0.4, -0.2) is 23.1 Å². The van der Waals surface area contributed by atoms with E-state index in [1.807, 2.05) is 0 Å². The molecule has 0 spiro atoms. The van der Waals surface area contributed by atoms with Crippen molar-refractivity contribution in [2.45, 2.75) is 46.1 Å². The van der Waals surface area contributed by atoms with E-state index in [1.54, 1.807) is 12.1 Å². The van der Waals surface area contributed by atoms with Crippen LogP contribution >= 0.6 is 0 Å². The van der Waals surface area contributed by atoms with Gasteiger partial charge in [-0.05, 0) is 42.7 Å². The van der Waals surface area contributed by atoms with Crippen LogP contribution in [0.25, 0.3) is 0 Å². The van der Waals surface area contributed by atoms with Crippen LogP contribution < -0.4 is 0 Å². The van der Waals surface area contributed by atoms with E-state index >= 15 is 0 Å². The van der Waals surface area contributed by atoms with Gasteiger partial charge in [0.05, 0.1) is 11.1 Å². The smallest absolute Gasteiger partial charge is 0.339 e. The Kier molecular flexibility index (Phi) is 5.22. The van der Waals surface area contributed by atoms with Crippen LogP contribution in [0.3, 0.4) is 0 Å². The van der Waals surface area contributed by atoms with E-state index in [-0.39, 0.29) is 17.2 Å². The van der Waals surface area contributed by atoms with E-state index < -0.39 is 11.9 Å². The van der Waals surface area contributed by atoms with E-state index in [4.69, 9.17) is 4.74 Å². The van der Waals surface area contributed by atoms with Crippen molar-refractivity contribution in [3.8, 4) is 0 Å².